The second-order valence-electron chi connectivity index (χ2n) is 4.82. The quantitative estimate of drug-likeness (QED) is 0.882. The van der Waals surface area contributed by atoms with Crippen molar-refractivity contribution in [1.82, 2.24) is 20.1 Å². The smallest absolute Gasteiger partial charge is 0.422 e. The van der Waals surface area contributed by atoms with Crippen LogP contribution in [-0.2, 0) is 11.3 Å². The summed E-state index contributed by atoms with van der Waals surface area (Å²) >= 11 is 0. The number of nitrogens with one attached hydrogen (secondary N) is 1. The Morgan fingerprint density at radius 1 is 1.43 bits per heavy atom. The number of alkyl halides is 3. The third-order valence-electron chi connectivity index (χ3n) is 2.98. The highest BCUT2D eigenvalue weighted by Crippen LogP contribution is 2.19. The van der Waals surface area contributed by atoms with Crippen LogP contribution in [0.15, 0.2) is 36.9 Å². The molecular formula is C14H15F3N4O2. The van der Waals surface area contributed by atoms with Crippen molar-refractivity contribution < 1.29 is 22.7 Å². The molecule has 0 saturated carbocycles. The lowest BCUT2D eigenvalue weighted by Crippen LogP contribution is -2.30. The van der Waals surface area contributed by atoms with Gasteiger partial charge < -0.3 is 10.1 Å². The van der Waals surface area contributed by atoms with Gasteiger partial charge in [-0.2, -0.15) is 18.3 Å². The van der Waals surface area contributed by atoms with Crippen molar-refractivity contribution >= 4 is 5.91 Å². The molecule has 0 spiro atoms. The first kappa shape index (κ1) is 16.8. The number of rotatable bonds is 6. The average molecular weight is 328 g/mol. The van der Waals surface area contributed by atoms with E-state index < -0.39 is 18.8 Å². The molecule has 1 atom stereocenters. The number of ether oxygens (including phenoxy) is 1. The molecule has 1 aromatic carbocycles. The number of hydrogen-bond acceptors (Lipinski definition) is 4. The van der Waals surface area contributed by atoms with E-state index in [4.69, 9.17) is 0 Å². The molecule has 2 rings (SSSR count). The van der Waals surface area contributed by atoms with Crippen LogP contribution in [0.5, 0.6) is 5.75 Å². The number of nitrogens with zero attached hydrogens (tertiary/aromatic N) is 3. The van der Waals surface area contributed by atoms with Gasteiger partial charge in [-0.25, -0.2) is 9.67 Å². The topological polar surface area (TPSA) is 69.0 Å². The van der Waals surface area contributed by atoms with E-state index in [1.54, 1.807) is 19.1 Å². The Morgan fingerprint density at radius 2 is 2.22 bits per heavy atom. The molecule has 1 N–H and O–H groups in total. The zero-order valence-electron chi connectivity index (χ0n) is 12.2. The largest absolute Gasteiger partial charge is 0.484 e. The van der Waals surface area contributed by atoms with Gasteiger partial charge in [-0.3, -0.25) is 4.79 Å². The predicted molar refractivity (Wildman–Crippen MR) is 74.6 cm³/mol. The Hall–Kier alpha value is -2.58. The highest BCUT2D eigenvalue weighted by atomic mass is 19.4. The van der Waals surface area contributed by atoms with Crippen LogP contribution in [0.2, 0.25) is 0 Å². The van der Waals surface area contributed by atoms with Crippen LogP contribution in [0.3, 0.4) is 0 Å². The first-order chi connectivity index (χ1) is 10.8. The van der Waals surface area contributed by atoms with Crippen molar-refractivity contribution in [2.24, 2.45) is 0 Å². The van der Waals surface area contributed by atoms with E-state index in [0.29, 0.717) is 5.56 Å². The number of amides is 1. The number of carbonyl (C=O) groups excluding carboxylic acids is 1. The van der Waals surface area contributed by atoms with Crippen LogP contribution in [0.1, 0.15) is 18.5 Å². The molecule has 124 valence electrons. The summed E-state index contributed by atoms with van der Waals surface area (Å²) in [6, 6.07) is 5.58. The molecule has 1 heterocycles. The monoisotopic (exact) mass is 328 g/mol. The molecule has 0 bridgehead atoms. The van der Waals surface area contributed by atoms with Crippen LogP contribution in [0, 0.1) is 0 Å². The molecule has 0 fully saturated rings. The Kier molecular flexibility index (Phi) is 5.20. The van der Waals surface area contributed by atoms with Crippen molar-refractivity contribution in [2.45, 2.75) is 25.7 Å². The lowest BCUT2D eigenvalue weighted by atomic mass is 10.2. The number of benzene rings is 1. The molecular weight excluding hydrogens is 313 g/mol. The average Bonchev–Trinajstić information content (AvgIpc) is 3.04. The van der Waals surface area contributed by atoms with Crippen LogP contribution in [-0.4, -0.2) is 33.5 Å². The summed E-state index contributed by atoms with van der Waals surface area (Å²) in [7, 11) is 0. The molecule has 23 heavy (non-hydrogen) atoms. The van der Waals surface area contributed by atoms with Gasteiger partial charge in [-0.05, 0) is 24.6 Å². The maximum absolute atomic E-state index is 12.1. The maximum Gasteiger partial charge on any atom is 0.422 e. The lowest BCUT2D eigenvalue weighted by Gasteiger charge is -2.13. The van der Waals surface area contributed by atoms with Gasteiger partial charge in [0.1, 0.15) is 24.4 Å². The van der Waals surface area contributed by atoms with E-state index in [0.717, 1.165) is 0 Å². The minimum Gasteiger partial charge on any atom is -0.484 e. The van der Waals surface area contributed by atoms with E-state index >= 15 is 0 Å². The molecule has 1 aromatic heterocycles. The van der Waals surface area contributed by atoms with Crippen molar-refractivity contribution in [3.05, 3.63) is 42.5 Å². The van der Waals surface area contributed by atoms with Crippen LogP contribution >= 0.6 is 0 Å². The first-order valence-electron chi connectivity index (χ1n) is 6.75. The van der Waals surface area contributed by atoms with Crippen molar-refractivity contribution in [3.8, 4) is 5.75 Å². The van der Waals surface area contributed by atoms with Gasteiger partial charge in [0.15, 0.2) is 6.61 Å². The van der Waals surface area contributed by atoms with Gasteiger partial charge in [-0.1, -0.05) is 12.1 Å². The van der Waals surface area contributed by atoms with E-state index in [1.807, 2.05) is 0 Å². The Bertz CT molecular complexity index is 644. The molecule has 0 aliphatic heterocycles. The highest BCUT2D eigenvalue weighted by Gasteiger charge is 2.28. The number of halogens is 3. The van der Waals surface area contributed by atoms with E-state index in [9.17, 15) is 18.0 Å². The summed E-state index contributed by atoms with van der Waals surface area (Å²) in [5.74, 6) is -0.185. The summed E-state index contributed by atoms with van der Waals surface area (Å²) in [4.78, 5) is 15.7. The number of carbonyl (C=O) groups is 1. The summed E-state index contributed by atoms with van der Waals surface area (Å²) < 4.78 is 42.4. The fourth-order valence-electron chi connectivity index (χ4n) is 1.78. The van der Waals surface area contributed by atoms with Crippen molar-refractivity contribution in [1.29, 1.82) is 0 Å². The molecule has 6 nitrogen and oxygen atoms in total. The molecule has 9 heteroatoms. The number of hydrogen-bond donors (Lipinski definition) is 1. The Labute approximate surface area is 130 Å². The van der Waals surface area contributed by atoms with Gasteiger partial charge in [0.2, 0.25) is 5.91 Å². The minimum atomic E-state index is -4.39. The number of aromatic nitrogens is 3. The SMILES string of the molecule is C[C@@H](C(=O)NCc1cccc(OCC(F)(F)F)c1)n1cncn1. The zero-order valence-corrected chi connectivity index (χ0v) is 12.2. The molecule has 0 aliphatic rings. The van der Waals surface area contributed by atoms with Crippen LogP contribution < -0.4 is 10.1 Å². The van der Waals surface area contributed by atoms with Crippen LogP contribution in [0.4, 0.5) is 13.2 Å². The molecule has 0 radical (unpaired) electrons. The second kappa shape index (κ2) is 7.12. The van der Waals surface area contributed by atoms with E-state index in [1.165, 1.54) is 29.5 Å². The summed E-state index contributed by atoms with van der Waals surface area (Å²) in [5.41, 5.74) is 0.629. The zero-order chi connectivity index (χ0) is 16.9. The van der Waals surface area contributed by atoms with Gasteiger partial charge >= 0.3 is 6.18 Å². The maximum atomic E-state index is 12.1. The summed E-state index contributed by atoms with van der Waals surface area (Å²) in [6.07, 6.45) is -1.64. The van der Waals surface area contributed by atoms with Gasteiger partial charge in [0, 0.05) is 6.54 Å². The Balaban J connectivity index is 1.89. The highest BCUT2D eigenvalue weighted by molar-refractivity contribution is 5.79. The standard InChI is InChI=1S/C14H15F3N4O2/c1-10(21-9-18-8-20-21)13(22)19-6-11-3-2-4-12(5-11)23-7-14(15,16)17/h2-5,8-10H,6-7H2,1H3,(H,19,22)/t10-/m0/s1. The first-order valence-corrected chi connectivity index (χ1v) is 6.75. The van der Waals surface area contributed by atoms with Crippen molar-refractivity contribution in [3.63, 3.8) is 0 Å². The molecule has 0 unspecified atom stereocenters. The normalized spacial score (nSPS) is 12.7. The lowest BCUT2D eigenvalue weighted by molar-refractivity contribution is -0.153. The molecule has 1 amide bonds. The molecule has 0 saturated heterocycles. The van der Waals surface area contributed by atoms with E-state index in [2.05, 4.69) is 20.1 Å². The molecule has 2 aromatic rings. The molecule has 0 aliphatic carbocycles. The Morgan fingerprint density at radius 3 is 2.87 bits per heavy atom. The summed E-state index contributed by atoms with van der Waals surface area (Å²) in [6.45, 7) is 0.472. The predicted octanol–water partition coefficient (Wildman–Crippen LogP) is 2.10. The fourth-order valence-corrected chi connectivity index (χ4v) is 1.78. The fraction of sp³-hybridized carbons (Fsp3) is 0.357. The summed E-state index contributed by atoms with van der Waals surface area (Å²) in [5, 5.41) is 6.55. The van der Waals surface area contributed by atoms with Gasteiger partial charge in [0.05, 0.1) is 0 Å². The van der Waals surface area contributed by atoms with Gasteiger partial charge in [0.25, 0.3) is 0 Å². The van der Waals surface area contributed by atoms with Gasteiger partial charge in [-0.15, -0.1) is 0 Å². The minimum absolute atomic E-state index is 0.0957. The second-order valence-corrected chi connectivity index (χ2v) is 4.82. The van der Waals surface area contributed by atoms with E-state index in [-0.39, 0.29) is 18.2 Å². The van der Waals surface area contributed by atoms with Crippen LogP contribution in [0.25, 0.3) is 0 Å². The van der Waals surface area contributed by atoms with Crippen molar-refractivity contribution in [2.75, 3.05) is 6.61 Å². The third-order valence-corrected chi connectivity index (χ3v) is 2.98. The third kappa shape index (κ3) is 5.28.